The second-order valence-electron chi connectivity index (χ2n) is 4.72. The minimum atomic E-state index is -1.13. The number of aliphatic hydroxyl groups is 1. The smallest absolute Gasteiger partial charge is 0.321 e. The Morgan fingerprint density at radius 3 is 2.83 bits per heavy atom. The molecule has 1 atom stereocenters. The maximum Gasteiger partial charge on any atom is 0.321 e. The quantitative estimate of drug-likeness (QED) is 0.846. The fraction of sp³-hybridized carbons (Fsp3) is 0.500. The normalized spacial score (nSPS) is 14.7. The highest BCUT2D eigenvalue weighted by Crippen LogP contribution is 2.21. The van der Waals surface area contributed by atoms with Crippen LogP contribution in [0.3, 0.4) is 0 Å². The fourth-order valence-corrected chi connectivity index (χ4v) is 1.46. The lowest BCUT2D eigenvalue weighted by Crippen LogP contribution is -2.30. The van der Waals surface area contributed by atoms with Gasteiger partial charge in [0.2, 0.25) is 0 Å². The fourth-order valence-electron chi connectivity index (χ4n) is 1.46. The number of nitrogens with one attached hydrogen (secondary N) is 1. The van der Waals surface area contributed by atoms with Gasteiger partial charge >= 0.3 is 6.01 Å². The maximum atomic E-state index is 10.2. The Hall–Kier alpha value is -1.82. The minimum absolute atomic E-state index is 0.204. The van der Waals surface area contributed by atoms with Gasteiger partial charge in [-0.15, -0.1) is 0 Å². The van der Waals surface area contributed by atoms with E-state index in [2.05, 4.69) is 15.5 Å². The van der Waals surface area contributed by atoms with Gasteiger partial charge in [0, 0.05) is 5.92 Å². The Labute approximate surface area is 105 Å². The van der Waals surface area contributed by atoms with E-state index in [-0.39, 0.29) is 12.5 Å². The lowest BCUT2D eigenvalue weighted by atomic mass is 10.0. The van der Waals surface area contributed by atoms with Gasteiger partial charge in [-0.2, -0.15) is 4.98 Å². The Bertz CT molecular complexity index is 488. The molecular weight excluding hydrogens is 234 g/mol. The van der Waals surface area contributed by atoms with E-state index >= 15 is 0 Å². The second-order valence-corrected chi connectivity index (χ2v) is 4.72. The van der Waals surface area contributed by atoms with E-state index in [1.54, 1.807) is 19.1 Å². The molecule has 2 heterocycles. The summed E-state index contributed by atoms with van der Waals surface area (Å²) in [5, 5.41) is 16.9. The SMILES string of the molecule is CC(C)c1noc(NCC(C)(O)c2ccco2)n1. The van der Waals surface area contributed by atoms with Crippen LogP contribution in [0, 0.1) is 0 Å². The van der Waals surface area contributed by atoms with Crippen LogP contribution in [0.4, 0.5) is 6.01 Å². The van der Waals surface area contributed by atoms with E-state index in [1.807, 2.05) is 13.8 Å². The van der Waals surface area contributed by atoms with Crippen molar-refractivity contribution in [1.82, 2.24) is 10.1 Å². The lowest BCUT2D eigenvalue weighted by Gasteiger charge is -2.20. The number of nitrogens with zero attached hydrogens (tertiary/aromatic N) is 2. The van der Waals surface area contributed by atoms with Crippen molar-refractivity contribution in [2.24, 2.45) is 0 Å². The van der Waals surface area contributed by atoms with Crippen LogP contribution in [0.15, 0.2) is 27.3 Å². The number of rotatable bonds is 5. The van der Waals surface area contributed by atoms with Crippen LogP contribution >= 0.6 is 0 Å². The zero-order chi connectivity index (χ0) is 13.2. The molecule has 1 unspecified atom stereocenters. The predicted molar refractivity (Wildman–Crippen MR) is 65.2 cm³/mol. The molecule has 0 aliphatic carbocycles. The van der Waals surface area contributed by atoms with Crippen molar-refractivity contribution in [2.75, 3.05) is 11.9 Å². The Morgan fingerprint density at radius 1 is 1.50 bits per heavy atom. The third-order valence-electron chi connectivity index (χ3n) is 2.59. The zero-order valence-electron chi connectivity index (χ0n) is 10.7. The molecule has 2 rings (SSSR count). The van der Waals surface area contributed by atoms with Gasteiger partial charge in [-0.1, -0.05) is 19.0 Å². The van der Waals surface area contributed by atoms with Crippen LogP contribution in [0.1, 0.15) is 38.3 Å². The summed E-state index contributed by atoms with van der Waals surface area (Å²) >= 11 is 0. The molecule has 0 bridgehead atoms. The van der Waals surface area contributed by atoms with Crippen LogP contribution in [-0.2, 0) is 5.60 Å². The van der Waals surface area contributed by atoms with Crippen LogP contribution < -0.4 is 5.32 Å². The monoisotopic (exact) mass is 251 g/mol. The molecule has 0 aromatic carbocycles. The highest BCUT2D eigenvalue weighted by molar-refractivity contribution is 5.22. The van der Waals surface area contributed by atoms with Gasteiger partial charge in [0.25, 0.3) is 0 Å². The van der Waals surface area contributed by atoms with E-state index in [0.717, 1.165) is 0 Å². The van der Waals surface area contributed by atoms with E-state index in [1.165, 1.54) is 6.26 Å². The van der Waals surface area contributed by atoms with Gasteiger partial charge < -0.3 is 19.4 Å². The van der Waals surface area contributed by atoms with Crippen molar-refractivity contribution in [3.05, 3.63) is 30.0 Å². The van der Waals surface area contributed by atoms with Crippen molar-refractivity contribution in [1.29, 1.82) is 0 Å². The van der Waals surface area contributed by atoms with Gasteiger partial charge in [-0.05, 0) is 19.1 Å². The summed E-state index contributed by atoms with van der Waals surface area (Å²) in [5.74, 6) is 1.32. The largest absolute Gasteiger partial charge is 0.466 e. The molecule has 2 aromatic heterocycles. The van der Waals surface area contributed by atoms with Crippen LogP contribution in [0.5, 0.6) is 0 Å². The van der Waals surface area contributed by atoms with E-state index in [0.29, 0.717) is 17.6 Å². The van der Waals surface area contributed by atoms with Crippen LogP contribution in [0.25, 0.3) is 0 Å². The average Bonchev–Trinajstić information content (AvgIpc) is 2.98. The minimum Gasteiger partial charge on any atom is -0.466 e. The molecule has 98 valence electrons. The summed E-state index contributed by atoms with van der Waals surface area (Å²) in [6, 6.07) is 3.74. The van der Waals surface area contributed by atoms with Crippen LogP contribution in [0.2, 0.25) is 0 Å². The van der Waals surface area contributed by atoms with Gasteiger partial charge in [-0.25, -0.2) is 0 Å². The molecule has 2 N–H and O–H groups in total. The summed E-state index contributed by atoms with van der Waals surface area (Å²) in [5.41, 5.74) is -1.13. The number of hydrogen-bond acceptors (Lipinski definition) is 6. The third kappa shape index (κ3) is 2.70. The van der Waals surface area contributed by atoms with Crippen molar-refractivity contribution in [3.63, 3.8) is 0 Å². The number of furan rings is 1. The highest BCUT2D eigenvalue weighted by Gasteiger charge is 2.26. The standard InChI is InChI=1S/C12H17N3O3/c1-8(2)10-14-11(18-15-10)13-7-12(3,16)9-5-4-6-17-9/h4-6,8,16H,7H2,1-3H3,(H,13,14,15). The molecule has 0 saturated carbocycles. The average molecular weight is 251 g/mol. The van der Waals surface area contributed by atoms with E-state index in [9.17, 15) is 5.11 Å². The first kappa shape index (κ1) is 12.6. The topological polar surface area (TPSA) is 84.3 Å². The molecule has 0 spiro atoms. The molecule has 0 amide bonds. The highest BCUT2D eigenvalue weighted by atomic mass is 16.5. The molecule has 6 nitrogen and oxygen atoms in total. The molecular formula is C12H17N3O3. The van der Waals surface area contributed by atoms with Crippen LogP contribution in [-0.4, -0.2) is 21.8 Å². The molecule has 6 heteroatoms. The van der Waals surface area contributed by atoms with E-state index < -0.39 is 5.60 Å². The summed E-state index contributed by atoms with van der Waals surface area (Å²) in [6.45, 7) is 5.83. The predicted octanol–water partition coefficient (Wildman–Crippen LogP) is 2.11. The summed E-state index contributed by atoms with van der Waals surface area (Å²) < 4.78 is 10.2. The van der Waals surface area contributed by atoms with Gasteiger partial charge in [0.15, 0.2) is 5.82 Å². The Morgan fingerprint density at radius 2 is 2.28 bits per heavy atom. The van der Waals surface area contributed by atoms with Crippen molar-refractivity contribution >= 4 is 6.01 Å². The number of anilines is 1. The summed E-state index contributed by atoms with van der Waals surface area (Å²) in [4.78, 5) is 4.16. The molecule has 0 saturated heterocycles. The Kier molecular flexibility index (Phi) is 3.38. The van der Waals surface area contributed by atoms with E-state index in [4.69, 9.17) is 8.94 Å². The lowest BCUT2D eigenvalue weighted by molar-refractivity contribution is 0.0470. The van der Waals surface area contributed by atoms with Crippen molar-refractivity contribution in [3.8, 4) is 0 Å². The van der Waals surface area contributed by atoms with Gasteiger partial charge in [0.1, 0.15) is 11.4 Å². The molecule has 2 aromatic rings. The number of aromatic nitrogens is 2. The molecule has 0 aliphatic rings. The van der Waals surface area contributed by atoms with Gasteiger partial charge in [0.05, 0.1) is 12.8 Å². The third-order valence-corrected chi connectivity index (χ3v) is 2.59. The first-order chi connectivity index (χ1) is 8.49. The summed E-state index contributed by atoms with van der Waals surface area (Å²) in [7, 11) is 0. The van der Waals surface area contributed by atoms with Gasteiger partial charge in [-0.3, -0.25) is 0 Å². The van der Waals surface area contributed by atoms with Crippen molar-refractivity contribution in [2.45, 2.75) is 32.3 Å². The zero-order valence-corrected chi connectivity index (χ0v) is 10.7. The molecule has 0 radical (unpaired) electrons. The maximum absolute atomic E-state index is 10.2. The molecule has 18 heavy (non-hydrogen) atoms. The molecule has 0 fully saturated rings. The summed E-state index contributed by atoms with van der Waals surface area (Å²) in [6.07, 6.45) is 1.52. The van der Waals surface area contributed by atoms with Crippen molar-refractivity contribution < 1.29 is 14.0 Å². The molecule has 0 aliphatic heterocycles. The first-order valence-corrected chi connectivity index (χ1v) is 5.83. The number of hydrogen-bond donors (Lipinski definition) is 2. The Balaban J connectivity index is 1.98. The second kappa shape index (κ2) is 4.81. The first-order valence-electron chi connectivity index (χ1n) is 5.83.